The maximum absolute atomic E-state index is 11.7. The number of nitrogen functional groups attached to an aromatic ring is 1. The van der Waals surface area contributed by atoms with E-state index < -0.39 is 10.0 Å². The summed E-state index contributed by atoms with van der Waals surface area (Å²) in [6.07, 6.45) is 0. The van der Waals surface area contributed by atoms with Crippen molar-refractivity contribution < 1.29 is 8.42 Å². The van der Waals surface area contributed by atoms with Gasteiger partial charge in [-0.1, -0.05) is 21.7 Å². The molecule has 0 radical (unpaired) electrons. The minimum absolute atomic E-state index is 0.147. The normalized spacial score (nSPS) is 11.3. The second kappa shape index (κ2) is 4.63. The Morgan fingerprint density at radius 2 is 2.24 bits per heavy atom. The highest BCUT2D eigenvalue weighted by atomic mass is 32.2. The highest BCUT2D eigenvalue weighted by Gasteiger charge is 2.13. The van der Waals surface area contributed by atoms with Crippen LogP contribution in [0.25, 0.3) is 0 Å². The fraction of sp³-hybridized carbons (Fsp3) is 0.125. The van der Waals surface area contributed by atoms with Crippen molar-refractivity contribution in [3.8, 4) is 0 Å². The van der Waals surface area contributed by atoms with Crippen LogP contribution in [0.4, 0.5) is 10.8 Å². The van der Waals surface area contributed by atoms with Crippen LogP contribution in [-0.2, 0) is 15.8 Å². The maximum atomic E-state index is 11.7. The SMILES string of the molecule is Nc1cccc(CS(=O)(=O)Nc2nnns2)c1. The number of anilines is 2. The monoisotopic (exact) mass is 271 g/mol. The third-order valence-corrected chi connectivity index (χ3v) is 3.71. The van der Waals surface area contributed by atoms with Gasteiger partial charge in [-0.2, -0.15) is 0 Å². The molecule has 3 N–H and O–H groups in total. The molecular weight excluding hydrogens is 262 g/mol. The van der Waals surface area contributed by atoms with Crippen molar-refractivity contribution in [1.29, 1.82) is 0 Å². The zero-order valence-electron chi connectivity index (χ0n) is 8.57. The van der Waals surface area contributed by atoms with Crippen LogP contribution in [0.3, 0.4) is 0 Å². The average molecular weight is 271 g/mol. The molecule has 90 valence electrons. The van der Waals surface area contributed by atoms with Crippen molar-refractivity contribution in [2.45, 2.75) is 5.75 Å². The fourth-order valence-corrected chi connectivity index (χ4v) is 3.00. The van der Waals surface area contributed by atoms with Crippen molar-refractivity contribution >= 4 is 32.4 Å². The van der Waals surface area contributed by atoms with Crippen LogP contribution in [0, 0.1) is 0 Å². The summed E-state index contributed by atoms with van der Waals surface area (Å²) in [5.41, 5.74) is 6.70. The molecule has 0 spiro atoms. The minimum atomic E-state index is -3.51. The molecule has 2 rings (SSSR count). The number of sulfonamides is 1. The van der Waals surface area contributed by atoms with Gasteiger partial charge in [-0.05, 0) is 22.9 Å². The lowest BCUT2D eigenvalue weighted by Gasteiger charge is -2.04. The van der Waals surface area contributed by atoms with Crippen LogP contribution >= 0.6 is 11.5 Å². The van der Waals surface area contributed by atoms with Crippen LogP contribution in [0.15, 0.2) is 24.3 Å². The van der Waals surface area contributed by atoms with E-state index in [9.17, 15) is 8.42 Å². The van der Waals surface area contributed by atoms with E-state index in [-0.39, 0.29) is 10.9 Å². The van der Waals surface area contributed by atoms with Gasteiger partial charge >= 0.3 is 0 Å². The number of nitrogens with zero attached hydrogens (tertiary/aromatic N) is 3. The third kappa shape index (κ3) is 3.36. The molecule has 0 aliphatic heterocycles. The lowest BCUT2D eigenvalue weighted by Crippen LogP contribution is -2.15. The number of hydrogen-bond donors (Lipinski definition) is 2. The maximum Gasteiger partial charge on any atom is 0.238 e. The summed E-state index contributed by atoms with van der Waals surface area (Å²) in [7, 11) is -3.51. The number of aromatic nitrogens is 3. The van der Waals surface area contributed by atoms with Gasteiger partial charge in [0.2, 0.25) is 15.2 Å². The molecule has 0 saturated heterocycles. The van der Waals surface area contributed by atoms with Gasteiger partial charge < -0.3 is 5.73 Å². The summed E-state index contributed by atoms with van der Waals surface area (Å²) >= 11 is 0.876. The molecule has 0 saturated carbocycles. The highest BCUT2D eigenvalue weighted by Crippen LogP contribution is 2.13. The van der Waals surface area contributed by atoms with E-state index in [2.05, 4.69) is 19.5 Å². The molecule has 0 atom stereocenters. The zero-order chi connectivity index (χ0) is 12.3. The molecular formula is C8H9N5O2S2. The molecule has 0 unspecified atom stereocenters. The fourth-order valence-electron chi connectivity index (χ4n) is 1.24. The Hall–Kier alpha value is -1.74. The predicted octanol–water partition coefficient (Wildman–Crippen LogP) is 0.457. The molecule has 1 aromatic heterocycles. The molecule has 0 aliphatic carbocycles. The van der Waals surface area contributed by atoms with E-state index in [4.69, 9.17) is 5.73 Å². The Labute approximate surface area is 102 Å². The number of benzene rings is 1. The Morgan fingerprint density at radius 3 is 2.88 bits per heavy atom. The van der Waals surface area contributed by atoms with Crippen LogP contribution in [0.1, 0.15) is 5.56 Å². The minimum Gasteiger partial charge on any atom is -0.399 e. The molecule has 0 aliphatic rings. The molecule has 0 fully saturated rings. The van der Waals surface area contributed by atoms with Crippen LogP contribution in [0.5, 0.6) is 0 Å². The topological polar surface area (TPSA) is 111 Å². The summed E-state index contributed by atoms with van der Waals surface area (Å²) in [5.74, 6) is -0.169. The van der Waals surface area contributed by atoms with Gasteiger partial charge in [-0.3, -0.25) is 4.72 Å². The van der Waals surface area contributed by atoms with Crippen molar-refractivity contribution in [3.63, 3.8) is 0 Å². The third-order valence-electron chi connectivity index (χ3n) is 1.85. The summed E-state index contributed by atoms with van der Waals surface area (Å²) in [4.78, 5) is 0. The highest BCUT2D eigenvalue weighted by molar-refractivity contribution is 7.92. The van der Waals surface area contributed by atoms with Gasteiger partial charge in [0.1, 0.15) is 0 Å². The Morgan fingerprint density at radius 1 is 1.41 bits per heavy atom. The van der Waals surface area contributed by atoms with Crippen molar-refractivity contribution in [2.75, 3.05) is 10.5 Å². The van der Waals surface area contributed by atoms with Crippen molar-refractivity contribution in [1.82, 2.24) is 14.8 Å². The largest absolute Gasteiger partial charge is 0.399 e. The van der Waals surface area contributed by atoms with E-state index in [1.54, 1.807) is 24.3 Å². The van der Waals surface area contributed by atoms with Crippen LogP contribution in [0.2, 0.25) is 0 Å². The van der Waals surface area contributed by atoms with E-state index in [1.807, 2.05) is 0 Å². The number of nitrogens with two attached hydrogens (primary N) is 1. The van der Waals surface area contributed by atoms with Gasteiger partial charge in [-0.15, -0.1) is 0 Å². The first-order valence-electron chi connectivity index (χ1n) is 4.55. The summed E-state index contributed by atoms with van der Waals surface area (Å²) in [6, 6.07) is 6.69. The van der Waals surface area contributed by atoms with E-state index in [1.165, 1.54) is 0 Å². The Bertz CT molecular complexity index is 596. The summed E-state index contributed by atoms with van der Waals surface area (Å²) < 4.78 is 29.2. The molecule has 0 bridgehead atoms. The summed E-state index contributed by atoms with van der Waals surface area (Å²) in [5, 5.41) is 6.95. The van der Waals surface area contributed by atoms with Crippen molar-refractivity contribution in [3.05, 3.63) is 29.8 Å². The number of nitrogens with one attached hydrogen (secondary N) is 1. The lowest BCUT2D eigenvalue weighted by molar-refractivity contribution is 0.600. The first-order chi connectivity index (χ1) is 8.05. The van der Waals surface area contributed by atoms with E-state index >= 15 is 0 Å². The molecule has 9 heteroatoms. The lowest BCUT2D eigenvalue weighted by atomic mass is 10.2. The van der Waals surface area contributed by atoms with Crippen LogP contribution in [-0.4, -0.2) is 23.2 Å². The first kappa shape index (κ1) is 11.7. The van der Waals surface area contributed by atoms with Gasteiger partial charge in [0.05, 0.1) is 5.75 Å². The van der Waals surface area contributed by atoms with Gasteiger partial charge in [-0.25, -0.2) is 8.42 Å². The number of hydrogen-bond acceptors (Lipinski definition) is 7. The smallest absolute Gasteiger partial charge is 0.238 e. The quantitative estimate of drug-likeness (QED) is 0.781. The van der Waals surface area contributed by atoms with Gasteiger partial charge in [0.25, 0.3) is 0 Å². The molecule has 17 heavy (non-hydrogen) atoms. The molecule has 1 aromatic carbocycles. The van der Waals surface area contributed by atoms with E-state index in [0.717, 1.165) is 11.5 Å². The van der Waals surface area contributed by atoms with Crippen LogP contribution < -0.4 is 10.5 Å². The molecule has 0 amide bonds. The van der Waals surface area contributed by atoms with Gasteiger partial charge in [0, 0.05) is 17.2 Å². The predicted molar refractivity (Wildman–Crippen MR) is 64.8 cm³/mol. The van der Waals surface area contributed by atoms with Crippen molar-refractivity contribution in [2.24, 2.45) is 0 Å². The standard InChI is InChI=1S/C8H9N5O2S2/c9-7-3-1-2-6(4-7)5-17(14,15)11-8-10-12-13-16-8/h1-4H,5,9H2,(H,10,11,13). The van der Waals surface area contributed by atoms with Gasteiger partial charge in [0.15, 0.2) is 0 Å². The first-order valence-corrected chi connectivity index (χ1v) is 6.98. The number of rotatable bonds is 4. The average Bonchev–Trinajstić information content (AvgIpc) is 2.68. The molecule has 2 aromatic rings. The summed E-state index contributed by atoms with van der Waals surface area (Å²) in [6.45, 7) is 0. The Kier molecular flexibility index (Phi) is 3.20. The zero-order valence-corrected chi connectivity index (χ0v) is 10.2. The van der Waals surface area contributed by atoms with E-state index in [0.29, 0.717) is 11.3 Å². The second-order valence-electron chi connectivity index (χ2n) is 3.27. The Balaban J connectivity index is 2.12. The second-order valence-corrected chi connectivity index (χ2v) is 5.73. The molecule has 7 nitrogen and oxygen atoms in total. The molecule has 1 heterocycles.